The number of terminal acetylenes is 1. The van der Waals surface area contributed by atoms with E-state index in [-0.39, 0.29) is 5.56 Å². The summed E-state index contributed by atoms with van der Waals surface area (Å²) in [6.07, 6.45) is 7.36. The van der Waals surface area contributed by atoms with Crippen LogP contribution in [0.1, 0.15) is 5.56 Å². The van der Waals surface area contributed by atoms with E-state index < -0.39 is 17.6 Å². The van der Waals surface area contributed by atoms with Gasteiger partial charge in [-0.15, -0.1) is 6.42 Å². The van der Waals surface area contributed by atoms with Crippen molar-refractivity contribution in [3.63, 3.8) is 0 Å². The lowest BCUT2D eigenvalue weighted by Crippen LogP contribution is -2.49. The van der Waals surface area contributed by atoms with E-state index in [0.717, 1.165) is 22.2 Å². The van der Waals surface area contributed by atoms with E-state index in [9.17, 15) is 13.6 Å². The number of benzene rings is 2. The predicted octanol–water partition coefficient (Wildman–Crippen LogP) is 4.71. The highest BCUT2D eigenvalue weighted by Gasteiger charge is 2.25. The molecule has 1 fully saturated rings. The van der Waals surface area contributed by atoms with Gasteiger partial charge in [0.1, 0.15) is 11.3 Å². The number of fused-ring (bicyclic) bond motifs is 2. The third-order valence-electron chi connectivity index (χ3n) is 6.40. The van der Waals surface area contributed by atoms with Gasteiger partial charge in [-0.25, -0.2) is 13.8 Å². The number of aromatic nitrogens is 2. The quantitative estimate of drug-likeness (QED) is 0.310. The van der Waals surface area contributed by atoms with Gasteiger partial charge in [-0.05, 0) is 23.1 Å². The Hall–Kier alpha value is -4.51. The van der Waals surface area contributed by atoms with Crippen molar-refractivity contribution in [3.05, 3.63) is 72.4 Å². The SMILES string of the molecule is C#Cc1c(F)ccc2cccc(-c3cnc4c(N5CCN(C(=O)C(=C)F)CC5)cc(OC)nc4c3)c12. The summed E-state index contributed by atoms with van der Waals surface area (Å²) in [7, 11) is 1.53. The number of piperazine rings is 1. The van der Waals surface area contributed by atoms with Crippen LogP contribution in [0.2, 0.25) is 0 Å². The number of rotatable bonds is 4. The third-order valence-corrected chi connectivity index (χ3v) is 6.40. The molecule has 0 unspecified atom stereocenters. The summed E-state index contributed by atoms with van der Waals surface area (Å²) in [6, 6.07) is 12.4. The van der Waals surface area contributed by atoms with Gasteiger partial charge < -0.3 is 14.5 Å². The lowest BCUT2D eigenvalue weighted by atomic mass is 9.95. The molecule has 2 aromatic heterocycles. The van der Waals surface area contributed by atoms with Crippen molar-refractivity contribution in [2.24, 2.45) is 0 Å². The molecule has 6 nitrogen and oxygen atoms in total. The molecule has 0 N–H and O–H groups in total. The lowest BCUT2D eigenvalue weighted by molar-refractivity contribution is -0.128. The van der Waals surface area contributed by atoms with Crippen molar-refractivity contribution in [2.75, 3.05) is 38.2 Å². The second-order valence-electron chi connectivity index (χ2n) is 8.43. The maximum Gasteiger partial charge on any atom is 0.282 e. The number of halogens is 2. The Kier molecular flexibility index (Phi) is 5.98. The number of hydrogen-bond acceptors (Lipinski definition) is 5. The summed E-state index contributed by atoms with van der Waals surface area (Å²) < 4.78 is 33.2. The summed E-state index contributed by atoms with van der Waals surface area (Å²) in [5.74, 6) is 0.776. The van der Waals surface area contributed by atoms with Gasteiger partial charge >= 0.3 is 0 Å². The topological polar surface area (TPSA) is 58.6 Å². The number of methoxy groups -OCH3 is 1. The average molecular weight is 485 g/mol. The highest BCUT2D eigenvalue weighted by atomic mass is 19.1. The number of amides is 1. The zero-order valence-corrected chi connectivity index (χ0v) is 19.6. The number of hydrogen-bond donors (Lipinski definition) is 0. The zero-order chi connectivity index (χ0) is 25.4. The first-order chi connectivity index (χ1) is 17.4. The number of pyridine rings is 2. The Balaban J connectivity index is 1.59. The third kappa shape index (κ3) is 3.99. The summed E-state index contributed by atoms with van der Waals surface area (Å²) in [6.45, 7) is 4.77. The van der Waals surface area contributed by atoms with E-state index in [2.05, 4.69) is 22.4 Å². The van der Waals surface area contributed by atoms with Crippen LogP contribution in [0.5, 0.6) is 5.88 Å². The molecule has 0 spiro atoms. The fourth-order valence-electron chi connectivity index (χ4n) is 4.62. The van der Waals surface area contributed by atoms with Crippen LogP contribution in [0.4, 0.5) is 14.5 Å². The predicted molar refractivity (Wildman–Crippen MR) is 136 cm³/mol. The van der Waals surface area contributed by atoms with Gasteiger partial charge in [0.15, 0.2) is 5.83 Å². The summed E-state index contributed by atoms with van der Waals surface area (Å²) >= 11 is 0. The van der Waals surface area contributed by atoms with E-state index in [1.165, 1.54) is 18.1 Å². The van der Waals surface area contributed by atoms with Crippen LogP contribution in [0, 0.1) is 18.2 Å². The van der Waals surface area contributed by atoms with Crippen LogP contribution in [0.15, 0.2) is 61.1 Å². The highest BCUT2D eigenvalue weighted by molar-refractivity contribution is 6.02. The fraction of sp³-hybridized carbons (Fsp3) is 0.179. The van der Waals surface area contributed by atoms with Crippen molar-refractivity contribution in [3.8, 4) is 29.4 Å². The van der Waals surface area contributed by atoms with Gasteiger partial charge in [-0.2, -0.15) is 0 Å². The Morgan fingerprint density at radius 2 is 1.94 bits per heavy atom. The lowest BCUT2D eigenvalue weighted by Gasteiger charge is -2.36. The summed E-state index contributed by atoms with van der Waals surface area (Å²) in [5, 5.41) is 1.46. The van der Waals surface area contributed by atoms with Crippen molar-refractivity contribution in [2.45, 2.75) is 0 Å². The molecule has 36 heavy (non-hydrogen) atoms. The van der Waals surface area contributed by atoms with E-state index in [4.69, 9.17) is 16.1 Å². The molecule has 1 aliphatic heterocycles. The van der Waals surface area contributed by atoms with E-state index >= 15 is 0 Å². The van der Waals surface area contributed by atoms with Gasteiger partial charge in [-0.3, -0.25) is 9.78 Å². The van der Waals surface area contributed by atoms with Gasteiger partial charge in [-0.1, -0.05) is 36.8 Å². The first-order valence-electron chi connectivity index (χ1n) is 11.3. The second-order valence-corrected chi connectivity index (χ2v) is 8.43. The molecule has 0 bridgehead atoms. The average Bonchev–Trinajstić information content (AvgIpc) is 2.91. The van der Waals surface area contributed by atoms with Crippen molar-refractivity contribution >= 4 is 33.4 Å². The van der Waals surface area contributed by atoms with E-state index in [0.29, 0.717) is 48.5 Å². The van der Waals surface area contributed by atoms with Crippen LogP contribution in [0.3, 0.4) is 0 Å². The first-order valence-corrected chi connectivity index (χ1v) is 11.3. The van der Waals surface area contributed by atoms with Crippen LogP contribution in [0.25, 0.3) is 32.9 Å². The standard InChI is InChI=1S/C28H22F2N4O2/c1-4-20-22(30)9-8-18-6-5-7-21(26(18)20)19-14-23-27(31-16-19)24(15-25(32-23)36-3)33-10-12-34(13-11-33)28(35)17(2)29/h1,5-9,14-16H,2,10-13H2,3H3. The zero-order valence-electron chi connectivity index (χ0n) is 19.6. The highest BCUT2D eigenvalue weighted by Crippen LogP contribution is 2.35. The summed E-state index contributed by atoms with van der Waals surface area (Å²) in [4.78, 5) is 24.7. The molecule has 0 aliphatic carbocycles. The summed E-state index contributed by atoms with van der Waals surface area (Å²) in [5.41, 5.74) is 3.72. The van der Waals surface area contributed by atoms with Crippen molar-refractivity contribution in [1.82, 2.24) is 14.9 Å². The Morgan fingerprint density at radius 1 is 1.17 bits per heavy atom. The maximum absolute atomic E-state index is 14.5. The van der Waals surface area contributed by atoms with Crippen LogP contribution in [-0.4, -0.2) is 54.1 Å². The molecular formula is C28H22F2N4O2. The monoisotopic (exact) mass is 484 g/mol. The first kappa shape index (κ1) is 23.2. The molecule has 0 radical (unpaired) electrons. The molecule has 2 aromatic carbocycles. The number of carbonyl (C=O) groups excluding carboxylic acids is 1. The molecule has 180 valence electrons. The normalized spacial score (nSPS) is 13.6. The molecule has 0 saturated carbocycles. The molecule has 5 rings (SSSR count). The molecule has 4 aromatic rings. The largest absolute Gasteiger partial charge is 0.481 e. The molecule has 1 amide bonds. The Morgan fingerprint density at radius 3 is 2.64 bits per heavy atom. The molecule has 8 heteroatoms. The van der Waals surface area contributed by atoms with Gasteiger partial charge in [0, 0.05) is 49.4 Å². The number of ether oxygens (including phenoxy) is 1. The second kappa shape index (κ2) is 9.27. The Bertz CT molecular complexity index is 1570. The molecule has 0 atom stereocenters. The van der Waals surface area contributed by atoms with Crippen LogP contribution in [-0.2, 0) is 4.79 Å². The van der Waals surface area contributed by atoms with Gasteiger partial charge in [0.05, 0.1) is 23.9 Å². The smallest absolute Gasteiger partial charge is 0.282 e. The minimum Gasteiger partial charge on any atom is -0.481 e. The molecular weight excluding hydrogens is 462 g/mol. The number of anilines is 1. The van der Waals surface area contributed by atoms with Crippen molar-refractivity contribution in [1.29, 1.82) is 0 Å². The van der Waals surface area contributed by atoms with Gasteiger partial charge in [0.25, 0.3) is 5.91 Å². The maximum atomic E-state index is 14.5. The van der Waals surface area contributed by atoms with Crippen LogP contribution < -0.4 is 9.64 Å². The van der Waals surface area contributed by atoms with Crippen LogP contribution >= 0.6 is 0 Å². The van der Waals surface area contributed by atoms with Crippen molar-refractivity contribution < 1.29 is 18.3 Å². The molecule has 1 aliphatic rings. The molecule has 1 saturated heterocycles. The minimum atomic E-state index is -0.963. The Labute approximate surface area is 206 Å². The minimum absolute atomic E-state index is 0.200. The number of carbonyl (C=O) groups is 1. The molecule has 3 heterocycles. The fourth-order valence-corrected chi connectivity index (χ4v) is 4.62. The van der Waals surface area contributed by atoms with E-state index in [1.54, 1.807) is 18.3 Å². The van der Waals surface area contributed by atoms with Gasteiger partial charge in [0.2, 0.25) is 5.88 Å². The number of nitrogens with zero attached hydrogens (tertiary/aromatic N) is 4. The van der Waals surface area contributed by atoms with E-state index in [1.807, 2.05) is 24.3 Å².